The number of hydrogen-bond donors (Lipinski definition) is 2. The van der Waals surface area contributed by atoms with Crippen LogP contribution < -0.4 is 4.74 Å². The van der Waals surface area contributed by atoms with Crippen LogP contribution in [0.1, 0.15) is 22.0 Å². The molecule has 1 unspecified atom stereocenters. The number of phenols is 1. The molecule has 27 heavy (non-hydrogen) atoms. The molecular formula is C18H21Br2IO5S. The van der Waals surface area contributed by atoms with Crippen molar-refractivity contribution >= 4 is 65.6 Å². The second kappa shape index (κ2) is 9.82. The number of ether oxygens (including phenoxy) is 1. The van der Waals surface area contributed by atoms with Gasteiger partial charge in [0.1, 0.15) is 24.2 Å². The summed E-state index contributed by atoms with van der Waals surface area (Å²) < 4.78 is 17.7. The number of aliphatic hydroxyl groups is 1. The molecule has 0 bridgehead atoms. The molecule has 0 amide bonds. The molecule has 9 heteroatoms. The third-order valence-electron chi connectivity index (χ3n) is 2.85. The maximum Gasteiger partial charge on any atom is 0.153 e. The van der Waals surface area contributed by atoms with E-state index in [0.29, 0.717) is 18.5 Å². The number of benzene rings is 2. The van der Waals surface area contributed by atoms with Gasteiger partial charge in [-0.25, -0.2) is 0 Å². The van der Waals surface area contributed by atoms with E-state index in [1.165, 1.54) is 6.07 Å². The molecule has 1 atom stereocenters. The average Bonchev–Trinajstić information content (AvgIpc) is 2.86. The lowest BCUT2D eigenvalue weighted by molar-refractivity contribution is 0.112. The van der Waals surface area contributed by atoms with Crippen LogP contribution >= 0.6 is 53.1 Å². The number of aromatic hydroxyl groups is 1. The summed E-state index contributed by atoms with van der Waals surface area (Å²) in [6.07, 6.45) is 3.28. The smallest absolute Gasteiger partial charge is 0.153 e. The van der Waals surface area contributed by atoms with Gasteiger partial charge < -0.3 is 14.9 Å². The van der Waals surface area contributed by atoms with Crippen LogP contribution in [-0.2, 0) is 6.24 Å². The van der Waals surface area contributed by atoms with E-state index < -0.39 is 12.3 Å². The lowest BCUT2D eigenvalue weighted by Crippen LogP contribution is -2.15. The van der Waals surface area contributed by atoms with Gasteiger partial charge in [-0.05, 0) is 49.1 Å². The summed E-state index contributed by atoms with van der Waals surface area (Å²) in [5.41, 5.74) is 1.19. The van der Waals surface area contributed by atoms with Gasteiger partial charge in [0, 0.05) is 35.7 Å². The Balaban J connectivity index is 0.000000213. The third-order valence-corrected chi connectivity index (χ3v) is 3.84. The van der Waals surface area contributed by atoms with Gasteiger partial charge in [0.2, 0.25) is 0 Å². The zero-order chi connectivity index (χ0) is 20.9. The highest BCUT2D eigenvalue weighted by atomic mass is 127. The van der Waals surface area contributed by atoms with Crippen molar-refractivity contribution < 1.29 is 24.0 Å². The Morgan fingerprint density at radius 3 is 2.19 bits per heavy atom. The van der Waals surface area contributed by atoms with Crippen molar-refractivity contribution in [2.75, 3.05) is 25.4 Å². The molecule has 0 saturated heterocycles. The lowest BCUT2D eigenvalue weighted by Gasteiger charge is -2.16. The molecule has 0 saturated carbocycles. The molecule has 0 fully saturated rings. The summed E-state index contributed by atoms with van der Waals surface area (Å²) in [4.78, 5) is 10.2. The standard InChI is InChI=1S/C8H7BrO2.C7H5BrO2.C3H9IOS/c9-5-1-2-6-7(10)4-11-8(6)3-5;8-6-2-1-5(4-9)7(10)3-6;1-6(2,3,4)5/h1-3,7,10H,4H2;1-4,10H;1-3H3. The average molecular weight is 636 g/mol. The van der Waals surface area contributed by atoms with Crippen LogP contribution in [0.2, 0.25) is 0 Å². The fraction of sp³-hybridized carbons (Fsp3) is 0.278. The Labute approximate surface area is 187 Å². The molecule has 0 radical (unpaired) electrons. The highest BCUT2D eigenvalue weighted by Crippen LogP contribution is 2.34. The van der Waals surface area contributed by atoms with Crippen LogP contribution in [-0.4, -0.2) is 46.1 Å². The Kier molecular flexibility index (Phi) is 8.93. The molecule has 5 nitrogen and oxygen atoms in total. The molecule has 0 aromatic heterocycles. The van der Waals surface area contributed by atoms with Crippen LogP contribution in [0, 0.1) is 0 Å². The zero-order valence-corrected chi connectivity index (χ0v) is 21.1. The maximum absolute atomic E-state index is 10.8. The minimum atomic E-state index is -2.13. The SMILES string of the molecule is CS(C)(C)(=O)I.O=Cc1ccc(Br)cc1O.OC1COc2cc(Br)ccc21. The van der Waals surface area contributed by atoms with Crippen molar-refractivity contribution in [3.05, 3.63) is 56.5 Å². The van der Waals surface area contributed by atoms with Crippen molar-refractivity contribution in [1.29, 1.82) is 0 Å². The molecule has 2 N–H and O–H groups in total. The molecule has 3 rings (SSSR count). The normalized spacial score (nSPS) is 16.3. The van der Waals surface area contributed by atoms with Gasteiger partial charge in [0.15, 0.2) is 6.29 Å². The van der Waals surface area contributed by atoms with Gasteiger partial charge >= 0.3 is 0 Å². The molecule has 1 aliphatic rings. The number of rotatable bonds is 1. The Bertz CT molecular complexity index is 859. The van der Waals surface area contributed by atoms with Crippen molar-refractivity contribution in [1.82, 2.24) is 0 Å². The van der Waals surface area contributed by atoms with Crippen LogP contribution in [0.4, 0.5) is 0 Å². The van der Waals surface area contributed by atoms with Gasteiger partial charge in [-0.15, -0.1) is 0 Å². The van der Waals surface area contributed by atoms with E-state index in [1.807, 2.05) is 39.4 Å². The van der Waals surface area contributed by atoms with Crippen LogP contribution in [0.3, 0.4) is 0 Å². The first-order chi connectivity index (χ1) is 12.2. The number of fused-ring (bicyclic) bond motifs is 1. The molecule has 0 spiro atoms. The predicted octanol–water partition coefficient (Wildman–Crippen LogP) is 4.89. The predicted molar refractivity (Wildman–Crippen MR) is 126 cm³/mol. The van der Waals surface area contributed by atoms with Crippen LogP contribution in [0.5, 0.6) is 11.5 Å². The molecule has 0 aliphatic carbocycles. The van der Waals surface area contributed by atoms with E-state index >= 15 is 0 Å². The van der Waals surface area contributed by atoms with Gasteiger partial charge in [-0.1, -0.05) is 44.2 Å². The van der Waals surface area contributed by atoms with E-state index in [0.717, 1.165) is 20.3 Å². The molecular weight excluding hydrogens is 615 g/mol. The van der Waals surface area contributed by atoms with Crippen LogP contribution in [0.25, 0.3) is 0 Å². The Morgan fingerprint density at radius 2 is 1.67 bits per heavy atom. The number of carbonyl (C=O) groups excluding carboxylic acids is 1. The van der Waals surface area contributed by atoms with Crippen molar-refractivity contribution in [2.24, 2.45) is 0 Å². The molecule has 150 valence electrons. The third kappa shape index (κ3) is 10.6. The van der Waals surface area contributed by atoms with Crippen molar-refractivity contribution in [3.63, 3.8) is 0 Å². The fourth-order valence-electron chi connectivity index (χ4n) is 1.78. The first-order valence-corrected chi connectivity index (χ1v) is 14.9. The number of halogens is 3. The van der Waals surface area contributed by atoms with Crippen molar-refractivity contribution in [2.45, 2.75) is 6.10 Å². The molecule has 1 heterocycles. The fourth-order valence-corrected chi connectivity index (χ4v) is 2.47. The number of aldehydes is 1. The van der Waals surface area contributed by atoms with E-state index in [2.05, 4.69) is 31.9 Å². The van der Waals surface area contributed by atoms with Gasteiger partial charge in [-0.3, -0.25) is 9.00 Å². The summed E-state index contributed by atoms with van der Waals surface area (Å²) in [6, 6.07) is 10.4. The quantitative estimate of drug-likeness (QED) is 0.265. The minimum Gasteiger partial charge on any atom is -0.507 e. The monoisotopic (exact) mass is 634 g/mol. The van der Waals surface area contributed by atoms with E-state index in [9.17, 15) is 14.1 Å². The summed E-state index contributed by atoms with van der Waals surface area (Å²) in [6.45, 7) is 0.381. The number of aliphatic hydroxyl groups excluding tert-OH is 1. The summed E-state index contributed by atoms with van der Waals surface area (Å²) in [5, 5.41) is 18.4. The largest absolute Gasteiger partial charge is 0.507 e. The van der Waals surface area contributed by atoms with Crippen molar-refractivity contribution in [3.8, 4) is 11.5 Å². The zero-order valence-electron chi connectivity index (χ0n) is 15.0. The van der Waals surface area contributed by atoms with E-state index in [1.54, 1.807) is 30.9 Å². The molecule has 2 aromatic carbocycles. The molecule has 2 aromatic rings. The second-order valence-corrected chi connectivity index (χ2v) is 21.9. The van der Waals surface area contributed by atoms with E-state index in [4.69, 9.17) is 9.84 Å². The summed E-state index contributed by atoms with van der Waals surface area (Å²) in [5.74, 6) is 0.788. The Hall–Kier alpha value is -0.490. The van der Waals surface area contributed by atoms with Gasteiger partial charge in [0.05, 0.1) is 5.56 Å². The Morgan fingerprint density at radius 1 is 1.15 bits per heavy atom. The first-order valence-electron chi connectivity index (χ1n) is 7.60. The lowest BCUT2D eigenvalue weighted by atomic mass is 10.1. The van der Waals surface area contributed by atoms with E-state index in [-0.39, 0.29) is 5.75 Å². The topological polar surface area (TPSA) is 83.8 Å². The summed E-state index contributed by atoms with van der Waals surface area (Å²) >= 11 is 8.44. The van der Waals surface area contributed by atoms with Crippen LogP contribution in [0.15, 0.2) is 45.3 Å². The molecule has 1 aliphatic heterocycles. The second-order valence-electron chi connectivity index (χ2n) is 6.58. The number of carbonyl (C=O) groups is 1. The minimum absolute atomic E-state index is 0.00405. The maximum atomic E-state index is 10.8. The number of hydrogen-bond acceptors (Lipinski definition) is 5. The first kappa shape index (κ1) is 24.5. The highest BCUT2D eigenvalue weighted by Gasteiger charge is 2.21. The van der Waals surface area contributed by atoms with Gasteiger partial charge in [0.25, 0.3) is 0 Å². The number of phenolic OH excluding ortho intramolecular Hbond substituents is 1. The highest BCUT2D eigenvalue weighted by molar-refractivity contribution is 14.2. The van der Waals surface area contributed by atoms with Gasteiger partial charge in [-0.2, -0.15) is 0 Å². The summed E-state index contributed by atoms with van der Waals surface area (Å²) in [7, 11) is 0.